The molecular formula is C12H18O2. The van der Waals surface area contributed by atoms with Gasteiger partial charge in [-0.3, -0.25) is 0 Å². The fourth-order valence-electron chi connectivity index (χ4n) is 1.67. The van der Waals surface area contributed by atoms with Crippen molar-refractivity contribution in [3.8, 4) is 5.75 Å². The molecule has 2 nitrogen and oxygen atoms in total. The van der Waals surface area contributed by atoms with E-state index in [1.54, 1.807) is 6.92 Å². The summed E-state index contributed by atoms with van der Waals surface area (Å²) in [5.41, 5.74) is 3.91. The van der Waals surface area contributed by atoms with E-state index in [4.69, 9.17) is 0 Å². The summed E-state index contributed by atoms with van der Waals surface area (Å²) in [5.74, 6) is 0.336. The Hall–Kier alpha value is -1.02. The molecule has 0 radical (unpaired) electrons. The molecule has 0 aromatic heterocycles. The number of rotatable bonds is 2. The third-order valence-corrected chi connectivity index (χ3v) is 2.64. The average Bonchev–Trinajstić information content (AvgIpc) is 2.09. The lowest BCUT2D eigenvalue weighted by Crippen LogP contribution is -2.07. The van der Waals surface area contributed by atoms with Crippen LogP contribution in [-0.2, 0) is 6.42 Å². The molecule has 1 aromatic rings. The van der Waals surface area contributed by atoms with Crippen molar-refractivity contribution in [1.82, 2.24) is 0 Å². The molecule has 2 heteroatoms. The lowest BCUT2D eigenvalue weighted by molar-refractivity contribution is 0.194. The van der Waals surface area contributed by atoms with E-state index in [2.05, 4.69) is 0 Å². The molecule has 1 aromatic carbocycles. The van der Waals surface area contributed by atoms with Crippen LogP contribution < -0.4 is 0 Å². The molecule has 2 N–H and O–H groups in total. The molecule has 0 aliphatic carbocycles. The zero-order valence-corrected chi connectivity index (χ0v) is 9.26. The number of aliphatic hydroxyl groups is 1. The van der Waals surface area contributed by atoms with Gasteiger partial charge in [-0.25, -0.2) is 0 Å². The van der Waals surface area contributed by atoms with Crippen molar-refractivity contribution in [2.24, 2.45) is 0 Å². The predicted octanol–water partition coefficient (Wildman–Crippen LogP) is 2.24. The molecular weight excluding hydrogens is 176 g/mol. The van der Waals surface area contributed by atoms with Crippen molar-refractivity contribution >= 4 is 0 Å². The number of hydrogen-bond acceptors (Lipinski definition) is 2. The summed E-state index contributed by atoms with van der Waals surface area (Å²) in [7, 11) is 0. The minimum atomic E-state index is -0.415. The van der Waals surface area contributed by atoms with Gasteiger partial charge in [0, 0.05) is 6.42 Å². The quantitative estimate of drug-likeness (QED) is 0.758. The number of aryl methyl sites for hydroxylation is 2. The van der Waals surface area contributed by atoms with Gasteiger partial charge in [-0.15, -0.1) is 0 Å². The van der Waals surface area contributed by atoms with Gasteiger partial charge in [0.15, 0.2) is 0 Å². The average molecular weight is 194 g/mol. The van der Waals surface area contributed by atoms with Crippen LogP contribution in [-0.4, -0.2) is 16.3 Å². The van der Waals surface area contributed by atoms with Gasteiger partial charge < -0.3 is 10.2 Å². The molecule has 0 heterocycles. The molecule has 0 saturated carbocycles. The fraction of sp³-hybridized carbons (Fsp3) is 0.500. The number of aliphatic hydroxyl groups excluding tert-OH is 1. The fourth-order valence-corrected chi connectivity index (χ4v) is 1.67. The second-order valence-corrected chi connectivity index (χ2v) is 4.02. The summed E-state index contributed by atoms with van der Waals surface area (Å²) >= 11 is 0. The third-order valence-electron chi connectivity index (χ3n) is 2.64. The summed E-state index contributed by atoms with van der Waals surface area (Å²) in [6.45, 7) is 7.57. The Morgan fingerprint density at radius 3 is 2.29 bits per heavy atom. The number of aromatic hydroxyl groups is 1. The first-order valence-corrected chi connectivity index (χ1v) is 4.90. The Bertz CT molecular complexity index is 341. The maximum atomic E-state index is 9.90. The molecule has 0 bridgehead atoms. The van der Waals surface area contributed by atoms with Crippen LogP contribution in [0.3, 0.4) is 0 Å². The molecule has 0 aliphatic heterocycles. The van der Waals surface area contributed by atoms with Gasteiger partial charge in [0.05, 0.1) is 6.10 Å². The highest BCUT2D eigenvalue weighted by Gasteiger charge is 2.12. The van der Waals surface area contributed by atoms with Crippen LogP contribution in [0.1, 0.15) is 29.2 Å². The molecule has 0 amide bonds. The predicted molar refractivity (Wildman–Crippen MR) is 57.7 cm³/mol. The zero-order valence-electron chi connectivity index (χ0n) is 9.26. The van der Waals surface area contributed by atoms with Crippen LogP contribution in [0.25, 0.3) is 0 Å². The second-order valence-electron chi connectivity index (χ2n) is 4.02. The minimum Gasteiger partial charge on any atom is -0.507 e. The molecule has 0 spiro atoms. The number of benzene rings is 1. The molecule has 0 fully saturated rings. The van der Waals surface area contributed by atoms with Gasteiger partial charge in [-0.05, 0) is 49.9 Å². The molecule has 1 rings (SSSR count). The maximum Gasteiger partial charge on any atom is 0.122 e. The number of hydrogen-bond donors (Lipinski definition) is 2. The Morgan fingerprint density at radius 1 is 1.21 bits per heavy atom. The molecule has 78 valence electrons. The van der Waals surface area contributed by atoms with Gasteiger partial charge in [0.25, 0.3) is 0 Å². The molecule has 0 aliphatic rings. The summed E-state index contributed by atoms with van der Waals surface area (Å²) in [6.07, 6.45) is 0.0976. The highest BCUT2D eigenvalue weighted by atomic mass is 16.3. The first-order valence-electron chi connectivity index (χ1n) is 4.90. The van der Waals surface area contributed by atoms with E-state index in [1.807, 2.05) is 26.8 Å². The van der Waals surface area contributed by atoms with Crippen molar-refractivity contribution in [3.63, 3.8) is 0 Å². The Kier molecular flexibility index (Phi) is 3.17. The van der Waals surface area contributed by atoms with E-state index >= 15 is 0 Å². The van der Waals surface area contributed by atoms with Crippen LogP contribution in [0.4, 0.5) is 0 Å². The Morgan fingerprint density at radius 2 is 1.79 bits per heavy atom. The van der Waals surface area contributed by atoms with Gasteiger partial charge in [-0.1, -0.05) is 6.07 Å². The van der Waals surface area contributed by atoms with E-state index < -0.39 is 6.10 Å². The van der Waals surface area contributed by atoms with Crippen molar-refractivity contribution in [1.29, 1.82) is 0 Å². The first kappa shape index (κ1) is 11.1. The lowest BCUT2D eigenvalue weighted by Gasteiger charge is -2.14. The maximum absolute atomic E-state index is 9.90. The SMILES string of the molecule is Cc1cc(C)c(CC(C)O)c(O)c1C. The van der Waals surface area contributed by atoms with Gasteiger partial charge in [0.1, 0.15) is 5.75 Å². The van der Waals surface area contributed by atoms with Gasteiger partial charge in [0.2, 0.25) is 0 Å². The first-order chi connectivity index (χ1) is 6.43. The van der Waals surface area contributed by atoms with Crippen molar-refractivity contribution < 1.29 is 10.2 Å². The molecule has 1 atom stereocenters. The van der Waals surface area contributed by atoms with Crippen molar-refractivity contribution in [3.05, 3.63) is 28.3 Å². The number of phenols is 1. The Balaban J connectivity index is 3.22. The zero-order chi connectivity index (χ0) is 10.9. The normalized spacial score (nSPS) is 12.9. The lowest BCUT2D eigenvalue weighted by atomic mass is 9.95. The van der Waals surface area contributed by atoms with Crippen LogP contribution in [0.2, 0.25) is 0 Å². The highest BCUT2D eigenvalue weighted by Crippen LogP contribution is 2.29. The highest BCUT2D eigenvalue weighted by molar-refractivity contribution is 5.48. The number of phenolic OH excluding ortho intramolecular Hbond substituents is 1. The third kappa shape index (κ3) is 2.07. The Labute approximate surface area is 85.2 Å². The largest absolute Gasteiger partial charge is 0.507 e. The molecule has 14 heavy (non-hydrogen) atoms. The van der Waals surface area contributed by atoms with Crippen LogP contribution in [0.15, 0.2) is 6.07 Å². The van der Waals surface area contributed by atoms with Gasteiger partial charge >= 0.3 is 0 Å². The summed E-state index contributed by atoms with van der Waals surface area (Å²) in [6, 6.07) is 2.05. The minimum absolute atomic E-state index is 0.336. The second kappa shape index (κ2) is 4.01. The standard InChI is InChI=1S/C12H18O2/c1-7-5-8(2)11(6-9(3)13)12(14)10(7)4/h5,9,13-14H,6H2,1-4H3. The molecule has 1 unspecified atom stereocenters. The van der Waals surface area contributed by atoms with E-state index in [0.717, 1.165) is 22.3 Å². The monoisotopic (exact) mass is 194 g/mol. The van der Waals surface area contributed by atoms with Crippen LogP contribution in [0, 0.1) is 20.8 Å². The van der Waals surface area contributed by atoms with E-state index in [-0.39, 0.29) is 0 Å². The van der Waals surface area contributed by atoms with E-state index in [0.29, 0.717) is 12.2 Å². The van der Waals surface area contributed by atoms with Gasteiger partial charge in [-0.2, -0.15) is 0 Å². The van der Waals surface area contributed by atoms with Crippen molar-refractivity contribution in [2.45, 2.75) is 40.2 Å². The van der Waals surface area contributed by atoms with E-state index in [1.165, 1.54) is 0 Å². The summed E-state index contributed by atoms with van der Waals surface area (Å²) in [5, 5.41) is 19.2. The summed E-state index contributed by atoms with van der Waals surface area (Å²) < 4.78 is 0. The van der Waals surface area contributed by atoms with E-state index in [9.17, 15) is 10.2 Å². The van der Waals surface area contributed by atoms with Crippen LogP contribution >= 0.6 is 0 Å². The van der Waals surface area contributed by atoms with Crippen molar-refractivity contribution in [2.75, 3.05) is 0 Å². The smallest absolute Gasteiger partial charge is 0.122 e. The summed E-state index contributed by atoms with van der Waals surface area (Å²) in [4.78, 5) is 0. The topological polar surface area (TPSA) is 40.5 Å². The van der Waals surface area contributed by atoms with Crippen LogP contribution in [0.5, 0.6) is 5.75 Å². The molecule has 0 saturated heterocycles.